The van der Waals surface area contributed by atoms with Gasteiger partial charge in [0.2, 0.25) is 0 Å². The Labute approximate surface area is 204 Å². The second-order valence-corrected chi connectivity index (χ2v) is 8.64. The van der Waals surface area contributed by atoms with Crippen LogP contribution in [0.5, 0.6) is 0 Å². The molecule has 0 atom stereocenters. The molecule has 6 aromatic rings. The lowest BCUT2D eigenvalue weighted by Crippen LogP contribution is -2.15. The van der Waals surface area contributed by atoms with Crippen molar-refractivity contribution in [2.75, 3.05) is 0 Å². The molecule has 3 heterocycles. The highest BCUT2D eigenvalue weighted by atomic mass is 16.7. The molecule has 6 rings (SSSR count). The van der Waals surface area contributed by atoms with Gasteiger partial charge in [0.05, 0.1) is 16.6 Å². The number of hydrogen-bond acceptors (Lipinski definition) is 6. The van der Waals surface area contributed by atoms with Gasteiger partial charge in [-0.1, -0.05) is 42.5 Å². The van der Waals surface area contributed by atoms with Crippen molar-refractivity contribution in [1.29, 1.82) is 0 Å². The molecule has 0 aliphatic rings. The molecule has 9 heteroatoms. The number of imidazole rings is 1. The van der Waals surface area contributed by atoms with Gasteiger partial charge in [0.15, 0.2) is 0 Å². The summed E-state index contributed by atoms with van der Waals surface area (Å²) in [6.07, 6.45) is 3.38. The van der Waals surface area contributed by atoms with Crippen LogP contribution in [-0.2, 0) is 17.9 Å². The highest BCUT2D eigenvalue weighted by Gasteiger charge is 2.17. The number of nitrogens with one attached hydrogen (secondary N) is 1. The number of para-hydroxylation sites is 1. The summed E-state index contributed by atoms with van der Waals surface area (Å²) in [5, 5.41) is 0.927. The molecule has 0 aliphatic heterocycles. The molecule has 3 aromatic heterocycles. The third-order valence-electron chi connectivity index (χ3n) is 6.18. The van der Waals surface area contributed by atoms with Crippen molar-refractivity contribution in [3.63, 3.8) is 0 Å². The number of carbonyl (C=O) groups is 1. The van der Waals surface area contributed by atoms with Crippen molar-refractivity contribution < 1.29 is 9.63 Å². The molecular formula is C27H22N6O3. The number of benzene rings is 3. The lowest BCUT2D eigenvalue weighted by Gasteiger charge is -2.07. The van der Waals surface area contributed by atoms with Gasteiger partial charge in [-0.15, -0.1) is 0 Å². The van der Waals surface area contributed by atoms with Crippen LogP contribution in [0.3, 0.4) is 0 Å². The number of carbonyl (C=O) groups excluding carboxylic acids is 1. The molecule has 3 aromatic carbocycles. The van der Waals surface area contributed by atoms with Gasteiger partial charge in [0.25, 0.3) is 5.56 Å². The van der Waals surface area contributed by atoms with Gasteiger partial charge in [-0.3, -0.25) is 4.79 Å². The summed E-state index contributed by atoms with van der Waals surface area (Å²) in [5.74, 6) is -0.464. The number of hydrogen-bond donors (Lipinski definition) is 2. The number of H-pyrrole nitrogens is 1. The Bertz CT molecular complexity index is 1850. The smallest absolute Gasteiger partial charge is 0.329 e. The number of fused-ring (bicyclic) bond motifs is 3. The van der Waals surface area contributed by atoms with Gasteiger partial charge >= 0.3 is 5.97 Å². The molecule has 0 bridgehead atoms. The van der Waals surface area contributed by atoms with Crippen LogP contribution in [0.4, 0.5) is 0 Å². The maximum absolute atomic E-state index is 13.2. The normalized spacial score (nSPS) is 11.5. The third-order valence-corrected chi connectivity index (χ3v) is 6.18. The van der Waals surface area contributed by atoms with Gasteiger partial charge < -0.3 is 20.1 Å². The number of rotatable bonds is 5. The van der Waals surface area contributed by atoms with Crippen LogP contribution < -0.4 is 16.1 Å². The Hall–Kier alpha value is -4.76. The van der Waals surface area contributed by atoms with Crippen molar-refractivity contribution in [3.8, 4) is 11.3 Å². The molecule has 9 nitrogen and oxygen atoms in total. The zero-order valence-electron chi connectivity index (χ0n) is 19.4. The van der Waals surface area contributed by atoms with E-state index in [1.165, 1.54) is 18.0 Å². The molecule has 0 aliphatic carbocycles. The summed E-state index contributed by atoms with van der Waals surface area (Å²) in [6, 6.07) is 19.6. The third kappa shape index (κ3) is 3.71. The number of nitrogens with two attached hydrogens (primary N) is 1. The fraction of sp³-hybridized carbons (Fsp3) is 0.111. The molecule has 0 spiro atoms. The molecular weight excluding hydrogens is 456 g/mol. The van der Waals surface area contributed by atoms with E-state index in [1.807, 2.05) is 42.6 Å². The van der Waals surface area contributed by atoms with Crippen molar-refractivity contribution in [2.45, 2.75) is 20.0 Å². The average molecular weight is 479 g/mol. The van der Waals surface area contributed by atoms with Crippen LogP contribution in [0.25, 0.3) is 44.2 Å². The molecule has 0 amide bonds. The monoisotopic (exact) mass is 478 g/mol. The fourth-order valence-electron chi connectivity index (χ4n) is 4.58. The van der Waals surface area contributed by atoms with Crippen LogP contribution in [0.15, 0.2) is 78.0 Å². The van der Waals surface area contributed by atoms with Crippen LogP contribution in [0.2, 0.25) is 0 Å². The molecule has 0 saturated carbocycles. The van der Waals surface area contributed by atoms with E-state index in [0.29, 0.717) is 40.9 Å². The minimum absolute atomic E-state index is 0.297. The Morgan fingerprint density at radius 1 is 1.03 bits per heavy atom. The van der Waals surface area contributed by atoms with Crippen molar-refractivity contribution in [1.82, 2.24) is 24.2 Å². The first-order chi connectivity index (χ1) is 17.5. The van der Waals surface area contributed by atoms with E-state index in [-0.39, 0.29) is 5.56 Å². The summed E-state index contributed by atoms with van der Waals surface area (Å²) < 4.78 is 3.41. The number of aromatic nitrogens is 5. The van der Waals surface area contributed by atoms with Crippen LogP contribution in [0, 0.1) is 0 Å². The van der Waals surface area contributed by atoms with E-state index in [1.54, 1.807) is 12.1 Å². The quantitative estimate of drug-likeness (QED) is 0.392. The van der Waals surface area contributed by atoms with Gasteiger partial charge in [0, 0.05) is 42.7 Å². The molecule has 178 valence electrons. The Morgan fingerprint density at radius 3 is 2.69 bits per heavy atom. The molecule has 0 saturated heterocycles. The first kappa shape index (κ1) is 21.8. The Kier molecular flexibility index (Phi) is 5.12. The summed E-state index contributed by atoms with van der Waals surface area (Å²) >= 11 is 0. The molecule has 36 heavy (non-hydrogen) atoms. The standard InChI is InChI=1S/C27H22N6O3/c1-16(34)36-33-15-29-23-10-21-22(11-25(23)33)30-26(27(35)31-21)20-14-32(24-8-3-2-7-19(20)24)13-18-6-4-5-17(9-18)12-28/h2-11,14-15H,12-13,28H2,1H3,(H,31,35). The first-order valence-corrected chi connectivity index (χ1v) is 11.5. The van der Waals surface area contributed by atoms with Crippen molar-refractivity contribution in [2.24, 2.45) is 5.73 Å². The minimum atomic E-state index is -0.464. The Balaban J connectivity index is 1.50. The molecule has 3 N–H and O–H groups in total. The Morgan fingerprint density at radius 2 is 1.86 bits per heavy atom. The second kappa shape index (κ2) is 8.47. The first-order valence-electron chi connectivity index (χ1n) is 11.5. The van der Waals surface area contributed by atoms with Gasteiger partial charge in [0.1, 0.15) is 17.5 Å². The highest BCUT2D eigenvalue weighted by molar-refractivity contribution is 5.97. The van der Waals surface area contributed by atoms with E-state index in [0.717, 1.165) is 27.6 Å². The predicted molar refractivity (Wildman–Crippen MR) is 137 cm³/mol. The van der Waals surface area contributed by atoms with E-state index >= 15 is 0 Å². The number of aromatic amines is 1. The largest absolute Gasteiger partial charge is 0.342 e. The predicted octanol–water partition coefficient (Wildman–Crippen LogP) is 3.38. The molecule has 0 unspecified atom stereocenters. The van der Waals surface area contributed by atoms with Crippen molar-refractivity contribution >= 4 is 38.9 Å². The topological polar surface area (TPSA) is 121 Å². The van der Waals surface area contributed by atoms with E-state index < -0.39 is 5.97 Å². The number of nitrogens with zero attached hydrogens (tertiary/aromatic N) is 4. The van der Waals surface area contributed by atoms with E-state index in [4.69, 9.17) is 15.6 Å². The van der Waals surface area contributed by atoms with Crippen LogP contribution >= 0.6 is 0 Å². The van der Waals surface area contributed by atoms with Gasteiger partial charge in [-0.2, -0.15) is 4.73 Å². The van der Waals surface area contributed by atoms with E-state index in [2.05, 4.69) is 26.7 Å². The zero-order chi connectivity index (χ0) is 24.8. The molecule has 0 fully saturated rings. The van der Waals surface area contributed by atoms with Crippen LogP contribution in [-0.4, -0.2) is 30.2 Å². The fourth-order valence-corrected chi connectivity index (χ4v) is 4.58. The highest BCUT2D eigenvalue weighted by Crippen LogP contribution is 2.30. The summed E-state index contributed by atoms with van der Waals surface area (Å²) in [7, 11) is 0. The summed E-state index contributed by atoms with van der Waals surface area (Å²) in [4.78, 5) is 41.8. The van der Waals surface area contributed by atoms with Gasteiger partial charge in [-0.05, 0) is 29.3 Å². The lowest BCUT2D eigenvalue weighted by molar-refractivity contribution is -0.141. The van der Waals surface area contributed by atoms with E-state index in [9.17, 15) is 9.59 Å². The zero-order valence-corrected chi connectivity index (χ0v) is 19.4. The lowest BCUT2D eigenvalue weighted by atomic mass is 10.1. The summed E-state index contributed by atoms with van der Waals surface area (Å²) in [6.45, 7) is 2.43. The molecule has 0 radical (unpaired) electrons. The summed E-state index contributed by atoms with van der Waals surface area (Å²) in [5.41, 5.74) is 12.0. The second-order valence-electron chi connectivity index (χ2n) is 8.64. The maximum atomic E-state index is 13.2. The van der Waals surface area contributed by atoms with Crippen LogP contribution in [0.1, 0.15) is 18.1 Å². The maximum Gasteiger partial charge on any atom is 0.329 e. The SMILES string of the molecule is CC(=O)On1cnc2cc3[nH]c(=O)c(-c4cn(Cc5cccc(CN)c5)c5ccccc45)nc3cc21. The van der Waals surface area contributed by atoms with Crippen molar-refractivity contribution in [3.05, 3.63) is 94.7 Å². The average Bonchev–Trinajstić information content (AvgIpc) is 3.43. The van der Waals surface area contributed by atoms with Gasteiger partial charge in [-0.25, -0.2) is 14.8 Å². The minimum Gasteiger partial charge on any atom is -0.342 e.